The van der Waals surface area contributed by atoms with Crippen molar-refractivity contribution in [1.82, 2.24) is 5.32 Å². The van der Waals surface area contributed by atoms with Gasteiger partial charge >= 0.3 is 0 Å². The van der Waals surface area contributed by atoms with E-state index >= 15 is 0 Å². The van der Waals surface area contributed by atoms with Crippen molar-refractivity contribution in [3.05, 3.63) is 0 Å². The Morgan fingerprint density at radius 1 is 1.50 bits per heavy atom. The van der Waals surface area contributed by atoms with Crippen molar-refractivity contribution in [3.63, 3.8) is 0 Å². The number of nitrogens with one attached hydrogen (secondary N) is 1. The van der Waals surface area contributed by atoms with Crippen molar-refractivity contribution in [2.24, 2.45) is 5.92 Å². The molecule has 0 aliphatic heterocycles. The summed E-state index contributed by atoms with van der Waals surface area (Å²) in [6.45, 7) is 4.48. The van der Waals surface area contributed by atoms with Gasteiger partial charge in [0.25, 0.3) is 0 Å². The molecule has 0 aromatic heterocycles. The molecule has 1 rings (SSSR count). The van der Waals surface area contributed by atoms with E-state index in [4.69, 9.17) is 11.6 Å². The molecule has 0 heterocycles. The molecule has 1 N–H and O–H groups in total. The topological polar surface area (TPSA) is 12.0 Å². The molecule has 0 saturated heterocycles. The van der Waals surface area contributed by atoms with E-state index in [0.717, 1.165) is 11.8 Å². The summed E-state index contributed by atoms with van der Waals surface area (Å²) < 4.78 is 0. The number of hydrogen-bond acceptors (Lipinski definition) is 1. The van der Waals surface area contributed by atoms with Gasteiger partial charge in [-0.3, -0.25) is 0 Å². The van der Waals surface area contributed by atoms with Crippen LogP contribution in [0.1, 0.15) is 39.5 Å². The lowest BCUT2D eigenvalue weighted by Gasteiger charge is -2.22. The van der Waals surface area contributed by atoms with Gasteiger partial charge in [-0.05, 0) is 32.1 Å². The molecule has 3 atom stereocenters. The molecule has 72 valence electrons. The van der Waals surface area contributed by atoms with Gasteiger partial charge in [0.2, 0.25) is 0 Å². The Kier molecular flexibility index (Phi) is 4.38. The van der Waals surface area contributed by atoms with Crippen LogP contribution in [0, 0.1) is 5.92 Å². The van der Waals surface area contributed by atoms with Gasteiger partial charge in [0, 0.05) is 18.0 Å². The summed E-state index contributed by atoms with van der Waals surface area (Å²) in [6, 6.07) is 1.34. The van der Waals surface area contributed by atoms with Crippen LogP contribution in [0.4, 0.5) is 0 Å². The van der Waals surface area contributed by atoms with Crippen LogP contribution in [0.5, 0.6) is 0 Å². The number of hydrogen-bond donors (Lipinski definition) is 1. The summed E-state index contributed by atoms with van der Waals surface area (Å²) >= 11 is 5.89. The second kappa shape index (κ2) is 5.08. The molecule has 1 aliphatic carbocycles. The fraction of sp³-hybridized carbons (Fsp3) is 1.00. The highest BCUT2D eigenvalue weighted by Crippen LogP contribution is 2.26. The van der Waals surface area contributed by atoms with Crippen LogP contribution in [-0.2, 0) is 0 Å². The Morgan fingerprint density at radius 3 is 2.83 bits per heavy atom. The van der Waals surface area contributed by atoms with Crippen molar-refractivity contribution in [2.75, 3.05) is 5.88 Å². The summed E-state index contributed by atoms with van der Waals surface area (Å²) in [6.07, 6.45) is 5.20. The zero-order valence-electron chi connectivity index (χ0n) is 8.15. The maximum Gasteiger partial charge on any atom is 0.0266 e. The van der Waals surface area contributed by atoms with Crippen molar-refractivity contribution in [2.45, 2.75) is 51.6 Å². The fourth-order valence-corrected chi connectivity index (χ4v) is 2.29. The zero-order chi connectivity index (χ0) is 8.97. The summed E-state index contributed by atoms with van der Waals surface area (Å²) in [5.41, 5.74) is 0. The molecule has 12 heavy (non-hydrogen) atoms. The Labute approximate surface area is 80.9 Å². The molecule has 1 aliphatic rings. The van der Waals surface area contributed by atoms with Gasteiger partial charge in [0.15, 0.2) is 0 Å². The maximum atomic E-state index is 5.89. The fourth-order valence-electron chi connectivity index (χ4n) is 1.92. The molecule has 3 unspecified atom stereocenters. The predicted octanol–water partition coefficient (Wildman–Crippen LogP) is 2.78. The molecule has 0 bridgehead atoms. The second-order valence-electron chi connectivity index (χ2n) is 3.93. The first-order valence-electron chi connectivity index (χ1n) is 5.10. The average molecular weight is 190 g/mol. The van der Waals surface area contributed by atoms with Gasteiger partial charge in [0.1, 0.15) is 0 Å². The highest BCUT2D eigenvalue weighted by molar-refractivity contribution is 6.18. The number of alkyl halides is 1. The standard InChI is InChI=1S/C10H20ClN/c1-3-8(2)12-10-6-4-5-9(10)7-11/h8-10,12H,3-7H2,1-2H3. The molecule has 0 amide bonds. The van der Waals surface area contributed by atoms with Crippen molar-refractivity contribution >= 4 is 11.6 Å². The van der Waals surface area contributed by atoms with Gasteiger partial charge in [-0.1, -0.05) is 13.3 Å². The third kappa shape index (κ3) is 2.63. The normalized spacial score (nSPS) is 32.2. The quantitative estimate of drug-likeness (QED) is 0.671. The van der Waals surface area contributed by atoms with E-state index in [2.05, 4.69) is 19.2 Å². The molecule has 1 saturated carbocycles. The number of halogens is 1. The average Bonchev–Trinajstić information content (AvgIpc) is 2.51. The van der Waals surface area contributed by atoms with Gasteiger partial charge in [-0.25, -0.2) is 0 Å². The Morgan fingerprint density at radius 2 is 2.25 bits per heavy atom. The monoisotopic (exact) mass is 189 g/mol. The van der Waals surface area contributed by atoms with Gasteiger partial charge in [-0.15, -0.1) is 11.6 Å². The van der Waals surface area contributed by atoms with Crippen LogP contribution >= 0.6 is 11.6 Å². The molecule has 0 aromatic rings. The SMILES string of the molecule is CCC(C)NC1CCCC1CCl. The van der Waals surface area contributed by atoms with E-state index in [-0.39, 0.29) is 0 Å². The largest absolute Gasteiger partial charge is 0.311 e. The predicted molar refractivity (Wildman–Crippen MR) is 54.7 cm³/mol. The summed E-state index contributed by atoms with van der Waals surface area (Å²) in [4.78, 5) is 0. The van der Waals surface area contributed by atoms with Crippen LogP contribution in [0.15, 0.2) is 0 Å². The first-order valence-corrected chi connectivity index (χ1v) is 5.63. The number of rotatable bonds is 4. The molecule has 1 fully saturated rings. The maximum absolute atomic E-state index is 5.89. The van der Waals surface area contributed by atoms with Gasteiger partial charge in [0.05, 0.1) is 0 Å². The van der Waals surface area contributed by atoms with Crippen LogP contribution in [0.3, 0.4) is 0 Å². The minimum atomic E-state index is 0.652. The molecule has 0 aromatic carbocycles. The summed E-state index contributed by atoms with van der Waals surface area (Å²) in [7, 11) is 0. The zero-order valence-corrected chi connectivity index (χ0v) is 8.90. The third-order valence-electron chi connectivity index (χ3n) is 2.97. The molecule has 2 heteroatoms. The van der Waals surface area contributed by atoms with E-state index in [1.807, 2.05) is 0 Å². The van der Waals surface area contributed by atoms with Gasteiger partial charge in [-0.2, -0.15) is 0 Å². The first-order chi connectivity index (χ1) is 5.77. The Hall–Kier alpha value is 0.250. The smallest absolute Gasteiger partial charge is 0.0266 e. The summed E-state index contributed by atoms with van der Waals surface area (Å²) in [5.74, 6) is 1.55. The van der Waals surface area contributed by atoms with Crippen molar-refractivity contribution in [3.8, 4) is 0 Å². The Bertz CT molecular complexity index is 127. The van der Waals surface area contributed by atoms with E-state index in [1.165, 1.54) is 25.7 Å². The third-order valence-corrected chi connectivity index (χ3v) is 3.36. The Balaban J connectivity index is 2.30. The lowest BCUT2D eigenvalue weighted by Crippen LogP contribution is -2.39. The molecule has 0 spiro atoms. The van der Waals surface area contributed by atoms with E-state index in [0.29, 0.717) is 12.1 Å². The van der Waals surface area contributed by atoms with Crippen LogP contribution in [0.2, 0.25) is 0 Å². The minimum absolute atomic E-state index is 0.652. The molecule has 0 radical (unpaired) electrons. The lowest BCUT2D eigenvalue weighted by atomic mass is 10.1. The highest BCUT2D eigenvalue weighted by Gasteiger charge is 2.26. The first kappa shape index (κ1) is 10.3. The van der Waals surface area contributed by atoms with Crippen LogP contribution < -0.4 is 5.32 Å². The van der Waals surface area contributed by atoms with E-state index < -0.39 is 0 Å². The molecule has 1 nitrogen and oxygen atoms in total. The van der Waals surface area contributed by atoms with Gasteiger partial charge < -0.3 is 5.32 Å². The minimum Gasteiger partial charge on any atom is -0.311 e. The molecular formula is C10H20ClN. The summed E-state index contributed by atoms with van der Waals surface area (Å²) in [5, 5.41) is 3.65. The lowest BCUT2D eigenvalue weighted by molar-refractivity contribution is 0.380. The molecular weight excluding hydrogens is 170 g/mol. The van der Waals surface area contributed by atoms with Crippen LogP contribution in [0.25, 0.3) is 0 Å². The van der Waals surface area contributed by atoms with E-state index in [9.17, 15) is 0 Å². The van der Waals surface area contributed by atoms with Crippen molar-refractivity contribution in [1.29, 1.82) is 0 Å². The van der Waals surface area contributed by atoms with E-state index in [1.54, 1.807) is 0 Å². The van der Waals surface area contributed by atoms with Crippen molar-refractivity contribution < 1.29 is 0 Å². The second-order valence-corrected chi connectivity index (χ2v) is 4.24. The van der Waals surface area contributed by atoms with Crippen LogP contribution in [-0.4, -0.2) is 18.0 Å². The highest BCUT2D eigenvalue weighted by atomic mass is 35.5.